The zero-order chi connectivity index (χ0) is 11.4. The summed E-state index contributed by atoms with van der Waals surface area (Å²) in [7, 11) is 0. The summed E-state index contributed by atoms with van der Waals surface area (Å²) in [6.45, 7) is 0. The summed E-state index contributed by atoms with van der Waals surface area (Å²) in [5.41, 5.74) is 1.17. The van der Waals surface area contributed by atoms with E-state index in [9.17, 15) is 9.59 Å². The minimum atomic E-state index is -0.155. The van der Waals surface area contributed by atoms with Crippen LogP contribution in [0.4, 0.5) is 5.69 Å². The zero-order valence-electron chi connectivity index (χ0n) is 8.34. The van der Waals surface area contributed by atoms with Crippen LogP contribution in [0.3, 0.4) is 0 Å². The molecule has 0 atom stereocenters. The summed E-state index contributed by atoms with van der Waals surface area (Å²) in [5.74, 6) is -0.155. The maximum Gasteiger partial charge on any atom is 0.265 e. The molecule has 1 N–H and O–H groups in total. The van der Waals surface area contributed by atoms with Gasteiger partial charge in [-0.15, -0.1) is 11.3 Å². The second-order valence-corrected chi connectivity index (χ2v) is 4.12. The van der Waals surface area contributed by atoms with Crippen LogP contribution in [0.5, 0.6) is 0 Å². The summed E-state index contributed by atoms with van der Waals surface area (Å²) in [5, 5.41) is 4.58. The lowest BCUT2D eigenvalue weighted by Crippen LogP contribution is -2.10. The van der Waals surface area contributed by atoms with E-state index in [0.29, 0.717) is 16.1 Å². The molecule has 2 rings (SSSR count). The van der Waals surface area contributed by atoms with E-state index in [2.05, 4.69) is 5.32 Å². The molecule has 0 saturated carbocycles. The van der Waals surface area contributed by atoms with Crippen LogP contribution in [0.1, 0.15) is 20.0 Å². The van der Waals surface area contributed by atoms with Gasteiger partial charge < -0.3 is 5.32 Å². The molecule has 16 heavy (non-hydrogen) atoms. The third kappa shape index (κ3) is 2.35. The number of thiophene rings is 1. The summed E-state index contributed by atoms with van der Waals surface area (Å²) in [6.07, 6.45) is 0.751. The molecule has 0 radical (unpaired) electrons. The van der Waals surface area contributed by atoms with E-state index in [-0.39, 0.29) is 5.91 Å². The fourth-order valence-electron chi connectivity index (χ4n) is 1.29. The van der Waals surface area contributed by atoms with E-state index >= 15 is 0 Å². The van der Waals surface area contributed by atoms with Gasteiger partial charge in [0.05, 0.1) is 4.88 Å². The molecule has 1 heterocycles. The molecular weight excluding hydrogens is 222 g/mol. The molecule has 1 aromatic carbocycles. The first-order valence-corrected chi connectivity index (χ1v) is 5.57. The fraction of sp³-hybridized carbons (Fsp3) is 0. The Bertz CT molecular complexity index is 505. The molecule has 4 heteroatoms. The van der Waals surface area contributed by atoms with Crippen molar-refractivity contribution in [2.24, 2.45) is 0 Å². The van der Waals surface area contributed by atoms with Crippen LogP contribution in [0.25, 0.3) is 0 Å². The van der Waals surface area contributed by atoms with Gasteiger partial charge in [-0.2, -0.15) is 0 Å². The monoisotopic (exact) mass is 231 g/mol. The van der Waals surface area contributed by atoms with Crippen LogP contribution in [0.15, 0.2) is 41.8 Å². The maximum atomic E-state index is 11.7. The highest BCUT2D eigenvalue weighted by Crippen LogP contribution is 2.14. The van der Waals surface area contributed by atoms with Gasteiger partial charge in [0, 0.05) is 11.3 Å². The highest BCUT2D eigenvalue weighted by Gasteiger charge is 2.06. The third-order valence-electron chi connectivity index (χ3n) is 2.03. The molecule has 0 saturated heterocycles. The molecule has 0 unspecified atom stereocenters. The molecular formula is C12H9NO2S. The van der Waals surface area contributed by atoms with Gasteiger partial charge in [0.15, 0.2) is 0 Å². The van der Waals surface area contributed by atoms with Crippen molar-refractivity contribution in [3.63, 3.8) is 0 Å². The van der Waals surface area contributed by atoms with Crippen LogP contribution in [-0.4, -0.2) is 12.2 Å². The van der Waals surface area contributed by atoms with Crippen LogP contribution in [0.2, 0.25) is 0 Å². The number of carbonyl (C=O) groups excluding carboxylic acids is 2. The topological polar surface area (TPSA) is 46.2 Å². The second kappa shape index (κ2) is 4.72. The van der Waals surface area contributed by atoms with E-state index in [1.165, 1.54) is 11.3 Å². The molecule has 0 aliphatic heterocycles. The van der Waals surface area contributed by atoms with Crippen LogP contribution < -0.4 is 5.32 Å². The standard InChI is InChI=1S/C12H9NO2S/c14-8-9-3-1-4-10(7-9)13-12(15)11-5-2-6-16-11/h1-8H,(H,13,15). The average Bonchev–Trinajstić information content (AvgIpc) is 2.83. The van der Waals surface area contributed by atoms with Gasteiger partial charge in [-0.25, -0.2) is 0 Å². The van der Waals surface area contributed by atoms with E-state index in [1.807, 2.05) is 11.4 Å². The number of anilines is 1. The van der Waals surface area contributed by atoms with E-state index in [0.717, 1.165) is 6.29 Å². The number of hydrogen-bond donors (Lipinski definition) is 1. The SMILES string of the molecule is O=Cc1cccc(NC(=O)c2cccs2)c1. The molecule has 3 nitrogen and oxygen atoms in total. The predicted octanol–water partition coefficient (Wildman–Crippen LogP) is 2.81. The van der Waals surface area contributed by atoms with Crippen molar-refractivity contribution in [3.8, 4) is 0 Å². The van der Waals surface area contributed by atoms with Gasteiger partial charge in [0.25, 0.3) is 5.91 Å². The molecule has 0 spiro atoms. The normalized spacial score (nSPS) is 9.75. The fourth-order valence-corrected chi connectivity index (χ4v) is 1.91. The summed E-state index contributed by atoms with van der Waals surface area (Å²) < 4.78 is 0. The zero-order valence-corrected chi connectivity index (χ0v) is 9.16. The first kappa shape index (κ1) is 10.6. The number of rotatable bonds is 3. The number of amides is 1. The molecule has 80 valence electrons. The van der Waals surface area contributed by atoms with Crippen molar-refractivity contribution < 1.29 is 9.59 Å². The second-order valence-electron chi connectivity index (χ2n) is 3.17. The molecule has 0 aliphatic carbocycles. The van der Waals surface area contributed by atoms with Gasteiger partial charge in [0.2, 0.25) is 0 Å². The van der Waals surface area contributed by atoms with Crippen LogP contribution in [0, 0.1) is 0 Å². The Labute approximate surface area is 96.7 Å². The van der Waals surface area contributed by atoms with Crippen molar-refractivity contribution in [1.82, 2.24) is 0 Å². The quantitative estimate of drug-likeness (QED) is 0.825. The van der Waals surface area contributed by atoms with Crippen molar-refractivity contribution in [3.05, 3.63) is 52.2 Å². The van der Waals surface area contributed by atoms with E-state index in [4.69, 9.17) is 0 Å². The third-order valence-corrected chi connectivity index (χ3v) is 2.89. The smallest absolute Gasteiger partial charge is 0.265 e. The summed E-state index contributed by atoms with van der Waals surface area (Å²) >= 11 is 1.38. The first-order valence-electron chi connectivity index (χ1n) is 4.70. The number of nitrogens with one attached hydrogen (secondary N) is 1. The average molecular weight is 231 g/mol. The largest absolute Gasteiger partial charge is 0.321 e. The first-order chi connectivity index (χ1) is 7.79. The number of benzene rings is 1. The molecule has 0 aliphatic rings. The Morgan fingerprint density at radius 2 is 2.12 bits per heavy atom. The Kier molecular flexibility index (Phi) is 3.12. The molecule has 0 bridgehead atoms. The van der Waals surface area contributed by atoms with Gasteiger partial charge in [-0.05, 0) is 23.6 Å². The van der Waals surface area contributed by atoms with Crippen molar-refractivity contribution >= 4 is 29.2 Å². The molecule has 1 amide bonds. The molecule has 2 aromatic rings. The minimum Gasteiger partial charge on any atom is -0.321 e. The maximum absolute atomic E-state index is 11.7. The summed E-state index contributed by atoms with van der Waals surface area (Å²) in [4.78, 5) is 22.9. The van der Waals surface area contributed by atoms with Gasteiger partial charge >= 0.3 is 0 Å². The van der Waals surface area contributed by atoms with Crippen molar-refractivity contribution in [1.29, 1.82) is 0 Å². The van der Waals surface area contributed by atoms with Crippen LogP contribution in [-0.2, 0) is 0 Å². The van der Waals surface area contributed by atoms with Crippen molar-refractivity contribution in [2.45, 2.75) is 0 Å². The van der Waals surface area contributed by atoms with E-state index in [1.54, 1.807) is 30.3 Å². The predicted molar refractivity (Wildman–Crippen MR) is 64.1 cm³/mol. The van der Waals surface area contributed by atoms with E-state index < -0.39 is 0 Å². The number of hydrogen-bond acceptors (Lipinski definition) is 3. The lowest BCUT2D eigenvalue weighted by Gasteiger charge is -2.03. The van der Waals surface area contributed by atoms with Gasteiger partial charge in [-0.3, -0.25) is 9.59 Å². The Hall–Kier alpha value is -1.94. The van der Waals surface area contributed by atoms with Crippen molar-refractivity contribution in [2.75, 3.05) is 5.32 Å². The highest BCUT2D eigenvalue weighted by molar-refractivity contribution is 7.12. The van der Waals surface area contributed by atoms with Crippen LogP contribution >= 0.6 is 11.3 Å². The minimum absolute atomic E-state index is 0.155. The molecule has 1 aromatic heterocycles. The number of aldehydes is 1. The number of carbonyl (C=O) groups is 2. The summed E-state index contributed by atoms with van der Waals surface area (Å²) in [6, 6.07) is 10.4. The molecule has 0 fully saturated rings. The highest BCUT2D eigenvalue weighted by atomic mass is 32.1. The van der Waals surface area contributed by atoms with Gasteiger partial charge in [0.1, 0.15) is 6.29 Å². The lowest BCUT2D eigenvalue weighted by molar-refractivity contribution is 0.102. The lowest BCUT2D eigenvalue weighted by atomic mass is 10.2. The Morgan fingerprint density at radius 3 is 2.81 bits per heavy atom. The van der Waals surface area contributed by atoms with Gasteiger partial charge in [-0.1, -0.05) is 18.2 Å². The Morgan fingerprint density at radius 1 is 1.25 bits per heavy atom. The Balaban J connectivity index is 2.15.